The van der Waals surface area contributed by atoms with E-state index in [9.17, 15) is 4.79 Å². The van der Waals surface area contributed by atoms with E-state index in [1.54, 1.807) is 0 Å². The van der Waals surface area contributed by atoms with Crippen molar-refractivity contribution in [2.75, 3.05) is 18.4 Å². The lowest BCUT2D eigenvalue weighted by Gasteiger charge is -2.34. The second-order valence-corrected chi connectivity index (χ2v) is 6.76. The molecular weight excluding hydrogens is 318 g/mol. The van der Waals surface area contributed by atoms with Gasteiger partial charge >= 0.3 is 0 Å². The Kier molecular flexibility index (Phi) is 5.01. The molecule has 1 N–H and O–H groups in total. The van der Waals surface area contributed by atoms with Crippen LogP contribution in [0.4, 0.5) is 5.82 Å². The summed E-state index contributed by atoms with van der Waals surface area (Å²) in [7, 11) is 0. The summed E-state index contributed by atoms with van der Waals surface area (Å²) in [4.78, 5) is 14.8. The van der Waals surface area contributed by atoms with Crippen LogP contribution in [0.5, 0.6) is 0 Å². The maximum absolute atomic E-state index is 12.8. The molecule has 0 unspecified atom stereocenters. The van der Waals surface area contributed by atoms with Crippen molar-refractivity contribution in [3.63, 3.8) is 0 Å². The molecule has 134 valence electrons. The smallest absolute Gasteiger partial charge is 0.230 e. The van der Waals surface area contributed by atoms with Gasteiger partial charge < -0.3 is 14.7 Å². The first-order valence-electron chi connectivity index (χ1n) is 8.74. The van der Waals surface area contributed by atoms with Gasteiger partial charge in [-0.25, -0.2) is 0 Å². The highest BCUT2D eigenvalue weighted by molar-refractivity contribution is 5.84. The molecule has 7 heteroatoms. The molecule has 25 heavy (non-hydrogen) atoms. The van der Waals surface area contributed by atoms with Gasteiger partial charge in [-0.1, -0.05) is 5.16 Å². The third-order valence-electron chi connectivity index (χ3n) is 4.85. The molecule has 0 aliphatic carbocycles. The highest BCUT2D eigenvalue weighted by Crippen LogP contribution is 2.26. The maximum atomic E-state index is 12.8. The number of carbonyl (C=O) groups is 1. The molecule has 2 aromatic rings. The van der Waals surface area contributed by atoms with E-state index in [0.29, 0.717) is 6.04 Å². The summed E-state index contributed by atoms with van der Waals surface area (Å²) in [6.45, 7) is 9.07. The van der Waals surface area contributed by atoms with Gasteiger partial charge in [-0.2, -0.15) is 5.10 Å². The number of rotatable bonds is 4. The number of nitrogens with one attached hydrogen (secondary N) is 1. The Balaban J connectivity index is 1.56. The van der Waals surface area contributed by atoms with Crippen LogP contribution in [0.3, 0.4) is 0 Å². The third kappa shape index (κ3) is 3.81. The summed E-state index contributed by atoms with van der Waals surface area (Å²) in [5, 5.41) is 15.6. The zero-order valence-corrected chi connectivity index (χ0v) is 15.2. The van der Waals surface area contributed by atoms with Crippen molar-refractivity contribution in [1.82, 2.24) is 20.3 Å². The van der Waals surface area contributed by atoms with Crippen LogP contribution in [0.25, 0.3) is 0 Å². The fourth-order valence-corrected chi connectivity index (χ4v) is 3.43. The molecule has 1 atom stereocenters. The van der Waals surface area contributed by atoms with E-state index in [1.807, 2.05) is 44.7 Å². The summed E-state index contributed by atoms with van der Waals surface area (Å²) < 4.78 is 5.20. The number of carbonyl (C=O) groups excluding carboxylic acids is 1. The van der Waals surface area contributed by atoms with Gasteiger partial charge in [0, 0.05) is 24.7 Å². The Morgan fingerprint density at radius 3 is 2.52 bits per heavy atom. The van der Waals surface area contributed by atoms with E-state index < -0.39 is 0 Å². The van der Waals surface area contributed by atoms with Crippen LogP contribution in [0.15, 0.2) is 16.7 Å². The molecular formula is C18H25N5O2. The maximum Gasteiger partial charge on any atom is 0.230 e. The quantitative estimate of drug-likeness (QED) is 0.918. The summed E-state index contributed by atoms with van der Waals surface area (Å²) >= 11 is 0. The van der Waals surface area contributed by atoms with Gasteiger partial charge in [0.2, 0.25) is 5.91 Å². The molecule has 3 rings (SSSR count). The number of nitrogens with zero attached hydrogens (tertiary/aromatic N) is 4. The number of amides is 1. The minimum absolute atomic E-state index is 0.142. The van der Waals surface area contributed by atoms with E-state index in [-0.39, 0.29) is 11.8 Å². The van der Waals surface area contributed by atoms with Crippen molar-refractivity contribution < 1.29 is 9.32 Å². The summed E-state index contributed by atoms with van der Waals surface area (Å²) in [6.07, 6.45) is 1.80. The molecule has 7 nitrogen and oxygen atoms in total. The van der Waals surface area contributed by atoms with Crippen molar-refractivity contribution in [2.24, 2.45) is 0 Å². The fraction of sp³-hybridized carbons (Fsp3) is 0.556. The summed E-state index contributed by atoms with van der Waals surface area (Å²) in [5.74, 6) is 1.44. The largest absolute Gasteiger partial charge is 0.366 e. The molecule has 0 aromatic carbocycles. The number of aromatic nitrogens is 3. The number of piperidine rings is 1. The SMILES string of the molecule is Cc1ccc(NC2CCN(C(=O)[C@H](C)c3c(C)noc3C)CC2)nn1. The van der Waals surface area contributed by atoms with Gasteiger partial charge in [-0.15, -0.1) is 5.10 Å². The first-order valence-corrected chi connectivity index (χ1v) is 8.74. The molecule has 1 saturated heterocycles. The lowest BCUT2D eigenvalue weighted by Crippen LogP contribution is -2.44. The number of hydrogen-bond donors (Lipinski definition) is 1. The first-order chi connectivity index (χ1) is 12.0. The van der Waals surface area contributed by atoms with Crippen molar-refractivity contribution in [2.45, 2.75) is 52.5 Å². The minimum Gasteiger partial charge on any atom is -0.366 e. The van der Waals surface area contributed by atoms with Crippen LogP contribution in [0.2, 0.25) is 0 Å². The number of hydrogen-bond acceptors (Lipinski definition) is 6. The van der Waals surface area contributed by atoms with Gasteiger partial charge in [0.05, 0.1) is 17.3 Å². The van der Waals surface area contributed by atoms with Crippen molar-refractivity contribution >= 4 is 11.7 Å². The molecule has 1 aliphatic rings. The Labute approximate surface area is 147 Å². The lowest BCUT2D eigenvalue weighted by atomic mass is 9.96. The van der Waals surface area contributed by atoms with Gasteiger partial charge in [0.15, 0.2) is 0 Å². The number of anilines is 1. The molecule has 0 saturated carbocycles. The van der Waals surface area contributed by atoms with E-state index in [4.69, 9.17) is 4.52 Å². The van der Waals surface area contributed by atoms with E-state index in [0.717, 1.165) is 54.5 Å². The second kappa shape index (κ2) is 7.21. The first kappa shape index (κ1) is 17.4. The standard InChI is InChI=1S/C18H25N5O2/c1-11-5-6-16(21-20-11)19-15-7-9-23(10-8-15)18(24)12(2)17-13(3)22-25-14(17)4/h5-6,12,15H,7-10H2,1-4H3,(H,19,21)/t12-/m1/s1. The van der Waals surface area contributed by atoms with Crippen LogP contribution in [0.1, 0.15) is 48.4 Å². The molecule has 0 bridgehead atoms. The molecule has 2 aromatic heterocycles. The molecule has 1 fully saturated rings. The monoisotopic (exact) mass is 343 g/mol. The predicted molar refractivity (Wildman–Crippen MR) is 94.4 cm³/mol. The third-order valence-corrected chi connectivity index (χ3v) is 4.85. The predicted octanol–water partition coefficient (Wildman–Crippen LogP) is 2.60. The number of likely N-dealkylation sites (tertiary alicyclic amines) is 1. The van der Waals surface area contributed by atoms with E-state index in [1.165, 1.54) is 0 Å². The zero-order valence-electron chi connectivity index (χ0n) is 15.2. The highest BCUT2D eigenvalue weighted by atomic mass is 16.5. The minimum atomic E-state index is -0.223. The molecule has 3 heterocycles. The molecule has 0 radical (unpaired) electrons. The molecule has 0 spiro atoms. The Hall–Kier alpha value is -2.44. The van der Waals surface area contributed by atoms with E-state index in [2.05, 4.69) is 20.7 Å². The molecule has 1 aliphatic heterocycles. The van der Waals surface area contributed by atoms with Gasteiger partial charge in [-0.05, 0) is 52.7 Å². The molecule has 1 amide bonds. The second-order valence-electron chi connectivity index (χ2n) is 6.76. The van der Waals surface area contributed by atoms with Crippen LogP contribution < -0.4 is 5.32 Å². The average Bonchev–Trinajstić information content (AvgIpc) is 2.95. The van der Waals surface area contributed by atoms with Crippen molar-refractivity contribution in [1.29, 1.82) is 0 Å². The van der Waals surface area contributed by atoms with Gasteiger partial charge in [0.25, 0.3) is 0 Å². The normalized spacial score (nSPS) is 16.7. The fourth-order valence-electron chi connectivity index (χ4n) is 3.43. The Bertz CT molecular complexity index is 713. The Morgan fingerprint density at radius 1 is 1.24 bits per heavy atom. The summed E-state index contributed by atoms with van der Waals surface area (Å²) in [5.41, 5.74) is 2.62. The van der Waals surface area contributed by atoms with Crippen LogP contribution in [-0.4, -0.2) is 45.3 Å². The Morgan fingerprint density at radius 2 is 1.96 bits per heavy atom. The van der Waals surface area contributed by atoms with E-state index >= 15 is 0 Å². The van der Waals surface area contributed by atoms with Gasteiger partial charge in [-0.3, -0.25) is 4.79 Å². The van der Waals surface area contributed by atoms with Crippen molar-refractivity contribution in [3.8, 4) is 0 Å². The van der Waals surface area contributed by atoms with Gasteiger partial charge in [0.1, 0.15) is 11.6 Å². The van der Waals surface area contributed by atoms with Crippen molar-refractivity contribution in [3.05, 3.63) is 34.8 Å². The highest BCUT2D eigenvalue weighted by Gasteiger charge is 2.29. The number of aryl methyl sites for hydroxylation is 3. The van der Waals surface area contributed by atoms with Crippen LogP contribution >= 0.6 is 0 Å². The van der Waals surface area contributed by atoms with Crippen LogP contribution in [-0.2, 0) is 4.79 Å². The topological polar surface area (TPSA) is 84.2 Å². The zero-order chi connectivity index (χ0) is 18.0. The lowest BCUT2D eigenvalue weighted by molar-refractivity contribution is -0.133. The van der Waals surface area contributed by atoms with Crippen LogP contribution in [0, 0.1) is 20.8 Å². The average molecular weight is 343 g/mol. The summed E-state index contributed by atoms with van der Waals surface area (Å²) in [6, 6.07) is 4.20.